The Kier molecular flexibility index (Phi) is 2.77. The Balaban J connectivity index is 2.33. The number of ether oxygens (including phenoxy) is 2. The Bertz CT molecular complexity index is 487. The lowest BCUT2D eigenvalue weighted by Crippen LogP contribution is -2.70. The normalized spacial score (nSPS) is 29.8. The fourth-order valence-electron chi connectivity index (χ4n) is 2.02. The number of hydrogen-bond acceptors (Lipinski definition) is 6. The minimum absolute atomic E-state index is 0.132. The summed E-state index contributed by atoms with van der Waals surface area (Å²) in [5.41, 5.74) is -0.210. The topological polar surface area (TPSA) is 93.1 Å². The van der Waals surface area contributed by atoms with Crippen LogP contribution in [-0.4, -0.2) is 45.9 Å². The summed E-state index contributed by atoms with van der Waals surface area (Å²) in [6, 6.07) is 0. The molecule has 7 nitrogen and oxygen atoms in total. The Morgan fingerprint density at radius 2 is 2.11 bits per heavy atom. The Labute approximate surface area is 107 Å². The molecule has 1 unspecified atom stereocenters. The maximum atomic E-state index is 11.8. The number of hydrogen-bond donors (Lipinski definition) is 1. The van der Waals surface area contributed by atoms with Gasteiger partial charge in [-0.3, -0.25) is 14.5 Å². The molecule has 0 aromatic heterocycles. The monoisotopic (exact) mass is 273 g/mol. The summed E-state index contributed by atoms with van der Waals surface area (Å²) >= 11 is 1.06. The van der Waals surface area contributed by atoms with Gasteiger partial charge in [-0.1, -0.05) is 11.8 Å². The van der Waals surface area contributed by atoms with Crippen LogP contribution in [0, 0.1) is 0 Å². The molecule has 2 atom stereocenters. The number of β-lactam (4-membered cyclic amide) rings is 1. The first-order valence-electron chi connectivity index (χ1n) is 5.04. The van der Waals surface area contributed by atoms with Crippen molar-refractivity contribution in [2.24, 2.45) is 0 Å². The lowest BCUT2D eigenvalue weighted by atomic mass is 9.98. The van der Waals surface area contributed by atoms with E-state index in [4.69, 9.17) is 14.6 Å². The average molecular weight is 273 g/mol. The predicted molar refractivity (Wildman–Crippen MR) is 60.1 cm³/mol. The van der Waals surface area contributed by atoms with Crippen molar-refractivity contribution >= 4 is 29.6 Å². The zero-order valence-corrected chi connectivity index (χ0v) is 10.7. The number of carboxylic acids is 1. The van der Waals surface area contributed by atoms with Gasteiger partial charge in [-0.25, -0.2) is 4.79 Å². The van der Waals surface area contributed by atoms with E-state index in [-0.39, 0.29) is 10.8 Å². The molecule has 2 aliphatic rings. The van der Waals surface area contributed by atoms with Crippen LogP contribution in [0.2, 0.25) is 0 Å². The van der Waals surface area contributed by atoms with E-state index < -0.39 is 28.8 Å². The van der Waals surface area contributed by atoms with Gasteiger partial charge in [0.2, 0.25) is 6.10 Å². The van der Waals surface area contributed by atoms with Gasteiger partial charge < -0.3 is 14.6 Å². The van der Waals surface area contributed by atoms with Crippen LogP contribution in [0.25, 0.3) is 0 Å². The maximum Gasteiger partial charge on any atom is 0.357 e. The van der Waals surface area contributed by atoms with E-state index in [2.05, 4.69) is 0 Å². The molecule has 0 bridgehead atoms. The minimum atomic E-state index is -1.25. The second-order valence-corrected chi connectivity index (χ2v) is 5.37. The van der Waals surface area contributed by atoms with Gasteiger partial charge in [-0.05, 0) is 6.92 Å². The smallest absolute Gasteiger partial charge is 0.357 e. The number of carboxylic acid groups (broad SMARTS) is 1. The number of carbonyl (C=O) groups is 3. The SMILES string of the molecule is COC1=C(C(=O)O)N2C(=O)C(OC(C)=O)[C@@]2(C)S1. The van der Waals surface area contributed by atoms with Gasteiger partial charge in [0.05, 0.1) is 7.11 Å². The third kappa shape index (κ3) is 1.48. The zero-order chi connectivity index (χ0) is 13.7. The molecule has 1 amide bonds. The van der Waals surface area contributed by atoms with Gasteiger partial charge in [-0.2, -0.15) is 0 Å². The molecule has 0 saturated carbocycles. The number of amides is 1. The summed E-state index contributed by atoms with van der Waals surface area (Å²) in [5, 5.41) is 9.22. The molecule has 0 aromatic carbocycles. The molecule has 98 valence electrons. The van der Waals surface area contributed by atoms with E-state index >= 15 is 0 Å². The molecule has 18 heavy (non-hydrogen) atoms. The molecule has 2 rings (SSSR count). The molecule has 1 N–H and O–H groups in total. The van der Waals surface area contributed by atoms with Crippen LogP contribution in [0.4, 0.5) is 0 Å². The Morgan fingerprint density at radius 3 is 2.56 bits per heavy atom. The molecule has 0 radical (unpaired) electrons. The summed E-state index contributed by atoms with van der Waals surface area (Å²) in [4.78, 5) is 34.0. The third-order valence-corrected chi connectivity index (χ3v) is 4.12. The van der Waals surface area contributed by atoms with E-state index in [1.807, 2.05) is 0 Å². The lowest BCUT2D eigenvalue weighted by Gasteiger charge is -2.49. The summed E-state index contributed by atoms with van der Waals surface area (Å²) in [6.45, 7) is 2.82. The number of aliphatic carboxylic acids is 1. The van der Waals surface area contributed by atoms with Crippen molar-refractivity contribution in [2.45, 2.75) is 24.8 Å². The van der Waals surface area contributed by atoms with Crippen LogP contribution in [0.3, 0.4) is 0 Å². The molecular formula is C10H11NO6S. The maximum absolute atomic E-state index is 11.8. The van der Waals surface area contributed by atoms with Crippen molar-refractivity contribution in [3.05, 3.63) is 10.8 Å². The van der Waals surface area contributed by atoms with Crippen LogP contribution >= 0.6 is 11.8 Å². The minimum Gasteiger partial charge on any atom is -0.488 e. The molecule has 8 heteroatoms. The third-order valence-electron chi connectivity index (χ3n) is 2.76. The van der Waals surface area contributed by atoms with E-state index in [1.165, 1.54) is 14.0 Å². The van der Waals surface area contributed by atoms with Gasteiger partial charge >= 0.3 is 11.9 Å². The van der Waals surface area contributed by atoms with Crippen LogP contribution < -0.4 is 0 Å². The quantitative estimate of drug-likeness (QED) is 0.576. The van der Waals surface area contributed by atoms with Crippen LogP contribution in [0.1, 0.15) is 13.8 Å². The number of carbonyl (C=O) groups excluding carboxylic acids is 2. The van der Waals surface area contributed by atoms with Crippen molar-refractivity contribution < 1.29 is 29.0 Å². The highest BCUT2D eigenvalue weighted by atomic mass is 32.2. The van der Waals surface area contributed by atoms with Crippen molar-refractivity contribution in [2.75, 3.05) is 7.11 Å². The Morgan fingerprint density at radius 1 is 1.50 bits per heavy atom. The fraction of sp³-hybridized carbons (Fsp3) is 0.500. The highest BCUT2D eigenvalue weighted by Crippen LogP contribution is 2.55. The number of thioether (sulfide) groups is 1. The standard InChI is InChI=1S/C10H11NO6S/c1-4(12)17-6-7(13)11-5(8(14)15)9(16-3)18-10(6,11)2/h6H,1-3H3,(H,14,15)/t6?,10-/m1/s1. The molecule has 0 spiro atoms. The van der Waals surface area contributed by atoms with Crippen LogP contribution in [-0.2, 0) is 23.9 Å². The molecule has 0 aliphatic carbocycles. The van der Waals surface area contributed by atoms with Crippen molar-refractivity contribution in [3.8, 4) is 0 Å². The first-order valence-corrected chi connectivity index (χ1v) is 5.86. The number of methoxy groups -OCH3 is 1. The second-order valence-electron chi connectivity index (χ2n) is 3.97. The largest absolute Gasteiger partial charge is 0.488 e. The molecule has 0 aromatic rings. The summed E-state index contributed by atoms with van der Waals surface area (Å²) in [7, 11) is 1.33. The van der Waals surface area contributed by atoms with E-state index in [1.54, 1.807) is 6.92 Å². The second kappa shape index (κ2) is 3.91. The van der Waals surface area contributed by atoms with Gasteiger partial charge in [0.1, 0.15) is 4.87 Å². The highest BCUT2D eigenvalue weighted by molar-refractivity contribution is 8.04. The molecule has 1 fully saturated rings. The van der Waals surface area contributed by atoms with Gasteiger partial charge in [0, 0.05) is 6.92 Å². The number of nitrogens with zero attached hydrogens (tertiary/aromatic N) is 1. The van der Waals surface area contributed by atoms with Crippen molar-refractivity contribution in [1.29, 1.82) is 0 Å². The zero-order valence-electron chi connectivity index (χ0n) is 9.92. The van der Waals surface area contributed by atoms with E-state index in [0.717, 1.165) is 16.7 Å². The number of rotatable bonds is 3. The fourth-order valence-corrected chi connectivity index (χ4v) is 3.28. The van der Waals surface area contributed by atoms with E-state index in [9.17, 15) is 14.4 Å². The molecule has 2 heterocycles. The lowest BCUT2D eigenvalue weighted by molar-refractivity contribution is -0.181. The van der Waals surface area contributed by atoms with Crippen LogP contribution in [0.15, 0.2) is 10.8 Å². The van der Waals surface area contributed by atoms with Crippen LogP contribution in [0.5, 0.6) is 0 Å². The highest BCUT2D eigenvalue weighted by Gasteiger charge is 2.67. The summed E-state index contributed by atoms with van der Waals surface area (Å²) < 4.78 is 9.87. The summed E-state index contributed by atoms with van der Waals surface area (Å²) in [5.74, 6) is -2.39. The molecular weight excluding hydrogens is 262 g/mol. The van der Waals surface area contributed by atoms with Gasteiger partial charge in [0.25, 0.3) is 5.91 Å². The molecule has 1 saturated heterocycles. The first kappa shape index (κ1) is 12.7. The number of fused-ring (bicyclic) bond motifs is 1. The Hall–Kier alpha value is -1.70. The van der Waals surface area contributed by atoms with E-state index in [0.29, 0.717) is 0 Å². The van der Waals surface area contributed by atoms with Crippen molar-refractivity contribution in [3.63, 3.8) is 0 Å². The average Bonchev–Trinajstić information content (AvgIpc) is 2.56. The first-order chi connectivity index (χ1) is 8.32. The number of esters is 1. The van der Waals surface area contributed by atoms with Gasteiger partial charge in [-0.15, -0.1) is 0 Å². The van der Waals surface area contributed by atoms with Gasteiger partial charge in [0.15, 0.2) is 10.8 Å². The predicted octanol–water partition coefficient (Wildman–Crippen LogP) is 0.123. The molecule has 2 aliphatic heterocycles. The summed E-state index contributed by atoms with van der Waals surface area (Å²) in [6.07, 6.45) is -0.984. The van der Waals surface area contributed by atoms with Crippen molar-refractivity contribution in [1.82, 2.24) is 4.90 Å².